The second kappa shape index (κ2) is 9.19. The molecule has 9 atom stereocenters. The van der Waals surface area contributed by atoms with Crippen molar-refractivity contribution in [1.29, 1.82) is 0 Å². The summed E-state index contributed by atoms with van der Waals surface area (Å²) < 4.78 is 31.9. The van der Waals surface area contributed by atoms with E-state index >= 15 is 0 Å². The highest BCUT2D eigenvalue weighted by Crippen LogP contribution is 2.77. The van der Waals surface area contributed by atoms with E-state index < -0.39 is 21.3 Å². The summed E-state index contributed by atoms with van der Waals surface area (Å²) in [6, 6.07) is 0. The Kier molecular flexibility index (Phi) is 6.99. The Bertz CT molecular complexity index is 1050. The van der Waals surface area contributed by atoms with E-state index in [1.807, 2.05) is 0 Å². The van der Waals surface area contributed by atoms with Crippen LogP contribution in [0.1, 0.15) is 119 Å². The summed E-state index contributed by atoms with van der Waals surface area (Å²) in [6.07, 6.45) is 13.3. The van der Waals surface area contributed by atoms with Crippen molar-refractivity contribution in [2.24, 2.45) is 62.6 Å². The van der Waals surface area contributed by atoms with Gasteiger partial charge in [0.1, 0.15) is 0 Å². The van der Waals surface area contributed by atoms with Crippen LogP contribution >= 0.6 is 0 Å². The summed E-state index contributed by atoms with van der Waals surface area (Å²) in [5.74, 6) is 3.17. The van der Waals surface area contributed by atoms with Gasteiger partial charge in [0, 0.05) is 6.54 Å². The number of rotatable bonds is 5. The van der Waals surface area contributed by atoms with Gasteiger partial charge in [-0.25, -0.2) is 0 Å². The van der Waals surface area contributed by atoms with Gasteiger partial charge in [-0.2, -0.15) is 8.42 Å². The van der Waals surface area contributed by atoms with Gasteiger partial charge in [0.05, 0.1) is 11.2 Å². The average Bonchev–Trinajstić information content (AvgIpc) is 3.19. The van der Waals surface area contributed by atoms with Gasteiger partial charge in [-0.15, -0.1) is 0 Å². The first-order valence-electron chi connectivity index (χ1n) is 15.8. The van der Waals surface area contributed by atoms with Crippen LogP contribution in [0.25, 0.3) is 0 Å². The number of hydrogen-bond donors (Lipinski definition) is 2. The fourth-order valence-corrected chi connectivity index (χ4v) is 12.7. The van der Waals surface area contributed by atoms with E-state index in [-0.39, 0.29) is 17.9 Å². The van der Waals surface area contributed by atoms with Gasteiger partial charge in [-0.1, -0.05) is 54.9 Å². The highest BCUT2D eigenvalue weighted by molar-refractivity contribution is 7.85. The summed E-state index contributed by atoms with van der Waals surface area (Å²) in [4.78, 5) is 13.9. The van der Waals surface area contributed by atoms with Crippen molar-refractivity contribution in [3.63, 3.8) is 0 Å². The molecule has 0 aromatic rings. The van der Waals surface area contributed by atoms with Crippen LogP contribution < -0.4 is 5.32 Å². The average molecular weight is 550 g/mol. The molecular weight excluding hydrogens is 494 g/mol. The summed E-state index contributed by atoms with van der Waals surface area (Å²) in [7, 11) is -4.09. The number of amides is 1. The molecule has 5 saturated carbocycles. The molecule has 5 aliphatic rings. The summed E-state index contributed by atoms with van der Waals surface area (Å²) >= 11 is 0. The molecule has 5 nitrogen and oxygen atoms in total. The molecule has 38 heavy (non-hydrogen) atoms. The molecule has 0 bridgehead atoms. The van der Waals surface area contributed by atoms with E-state index in [4.69, 9.17) is 0 Å². The number of carbonyl (C=O) groups excluding carboxylic acids is 1. The van der Waals surface area contributed by atoms with E-state index in [2.05, 4.69) is 53.8 Å². The molecule has 6 heteroatoms. The topological polar surface area (TPSA) is 83.5 Å². The molecule has 0 heterocycles. The maximum Gasteiger partial charge on any atom is 0.266 e. The molecule has 0 saturated heterocycles. The zero-order chi connectivity index (χ0) is 27.9. The van der Waals surface area contributed by atoms with E-state index in [1.165, 1.54) is 44.9 Å². The lowest BCUT2D eigenvalue weighted by molar-refractivity contribution is -0.237. The van der Waals surface area contributed by atoms with Gasteiger partial charge in [-0.3, -0.25) is 9.35 Å². The molecule has 5 fully saturated rings. The summed E-state index contributed by atoms with van der Waals surface area (Å²) in [5, 5.41) is 2.98. The van der Waals surface area contributed by atoms with Gasteiger partial charge in [-0.05, 0) is 121 Å². The molecule has 2 N–H and O–H groups in total. The van der Waals surface area contributed by atoms with Crippen LogP contribution in [-0.4, -0.2) is 31.2 Å². The van der Waals surface area contributed by atoms with Crippen molar-refractivity contribution < 1.29 is 17.8 Å². The zero-order valence-corrected chi connectivity index (χ0v) is 26.1. The third kappa shape index (κ3) is 4.07. The Hall–Kier alpha value is -0.620. The van der Waals surface area contributed by atoms with Crippen LogP contribution in [0.5, 0.6) is 0 Å². The third-order valence-electron chi connectivity index (χ3n) is 14.2. The predicted octanol–water partition coefficient (Wildman–Crippen LogP) is 7.12. The minimum absolute atomic E-state index is 0.00423. The second-order valence-corrected chi connectivity index (χ2v) is 17.8. The van der Waals surface area contributed by atoms with Gasteiger partial charge in [0.2, 0.25) is 5.91 Å². The molecule has 0 spiro atoms. The lowest BCUT2D eigenvalue weighted by atomic mass is 9.32. The van der Waals surface area contributed by atoms with Crippen LogP contribution in [-0.2, 0) is 14.9 Å². The molecule has 218 valence electrons. The monoisotopic (exact) mass is 549 g/mol. The van der Waals surface area contributed by atoms with Crippen molar-refractivity contribution in [2.75, 3.05) is 12.3 Å². The van der Waals surface area contributed by atoms with Crippen LogP contribution in [0.15, 0.2) is 0 Å². The lowest BCUT2D eigenvalue weighted by Crippen LogP contribution is -2.66. The predicted molar refractivity (Wildman–Crippen MR) is 153 cm³/mol. The smallest absolute Gasteiger partial charge is 0.266 e. The molecule has 0 aliphatic heterocycles. The van der Waals surface area contributed by atoms with Gasteiger partial charge >= 0.3 is 0 Å². The van der Waals surface area contributed by atoms with E-state index in [1.54, 1.807) is 0 Å². The third-order valence-corrected chi connectivity index (χ3v) is 14.9. The molecule has 0 radical (unpaired) electrons. The molecule has 1 amide bonds. The van der Waals surface area contributed by atoms with Crippen LogP contribution in [0.4, 0.5) is 0 Å². The summed E-state index contributed by atoms with van der Waals surface area (Å²) in [6.45, 7) is 17.7. The van der Waals surface area contributed by atoms with Crippen molar-refractivity contribution >= 4 is 16.0 Å². The Morgan fingerprint density at radius 2 is 1.58 bits per heavy atom. The Labute approximate surface area is 232 Å². The normalized spacial score (nSPS) is 48.0. The maximum atomic E-state index is 13.9. The number of hydrogen-bond acceptors (Lipinski definition) is 3. The number of fused-ring (bicyclic) bond motifs is 7. The van der Waals surface area contributed by atoms with E-state index in [9.17, 15) is 17.8 Å². The minimum atomic E-state index is -4.09. The van der Waals surface area contributed by atoms with Crippen LogP contribution in [0.3, 0.4) is 0 Å². The van der Waals surface area contributed by atoms with Crippen molar-refractivity contribution in [1.82, 2.24) is 5.32 Å². The minimum Gasteiger partial charge on any atom is -0.354 e. The Morgan fingerprint density at radius 3 is 2.24 bits per heavy atom. The number of nitrogens with one attached hydrogen (secondary N) is 1. The molecule has 5 rings (SSSR count). The number of carbonyl (C=O) groups is 1. The largest absolute Gasteiger partial charge is 0.354 e. The first-order chi connectivity index (χ1) is 17.5. The van der Waals surface area contributed by atoms with Crippen molar-refractivity contribution in [3.05, 3.63) is 0 Å². The zero-order valence-electron chi connectivity index (χ0n) is 25.2. The first-order valence-corrected chi connectivity index (χ1v) is 17.4. The lowest BCUT2D eigenvalue weighted by Gasteiger charge is -2.72. The standard InChI is InChI=1S/C32H55NO4S/c1-21(2)22-11-16-32(27(34)33-19-20-38(35,36)37)18-17-30(6)23(26(22)32)9-10-25-29(5)14-8-13-28(3,4)24(29)12-15-31(25,30)7/h21-26H,8-20H2,1-7H3,(H,33,34)(H,35,36,37)/t22?,23?,24?,25?,26?,29-,30+,31+,32-/m0/s1. The maximum absolute atomic E-state index is 13.9. The Morgan fingerprint density at radius 1 is 0.868 bits per heavy atom. The highest BCUT2D eigenvalue weighted by Gasteiger charge is 2.71. The fraction of sp³-hybridized carbons (Fsp3) is 0.969. The van der Waals surface area contributed by atoms with Crippen LogP contribution in [0.2, 0.25) is 0 Å². The van der Waals surface area contributed by atoms with Gasteiger partial charge < -0.3 is 5.32 Å². The highest BCUT2D eigenvalue weighted by atomic mass is 32.2. The van der Waals surface area contributed by atoms with Gasteiger partial charge in [0.25, 0.3) is 10.1 Å². The molecule has 5 aliphatic carbocycles. The Balaban J connectivity index is 1.49. The molecule has 5 unspecified atom stereocenters. The SMILES string of the molecule is CC(C)C1CC[C@]2(C(=O)NCCS(=O)(=O)O)CC[C@]3(C)C(CCC4[C@@]5(C)CCCC(C)(C)C5CC[C@]43C)C12. The quantitative estimate of drug-likeness (QED) is 0.358. The fourth-order valence-electron chi connectivity index (χ4n) is 12.4. The van der Waals surface area contributed by atoms with E-state index in [0.29, 0.717) is 39.9 Å². The van der Waals surface area contributed by atoms with E-state index in [0.717, 1.165) is 37.5 Å². The van der Waals surface area contributed by atoms with Crippen molar-refractivity contribution in [2.45, 2.75) is 119 Å². The molecule has 0 aromatic heterocycles. The first kappa shape index (κ1) is 28.9. The molecule has 0 aromatic carbocycles. The molecular formula is C32H55NO4S. The summed E-state index contributed by atoms with van der Waals surface area (Å²) in [5.41, 5.74) is 0.979. The van der Waals surface area contributed by atoms with Crippen molar-refractivity contribution in [3.8, 4) is 0 Å². The van der Waals surface area contributed by atoms with Gasteiger partial charge in [0.15, 0.2) is 0 Å². The van der Waals surface area contributed by atoms with Crippen LogP contribution in [0, 0.1) is 62.6 Å². The second-order valence-electron chi connectivity index (χ2n) is 16.2.